The van der Waals surface area contributed by atoms with Gasteiger partial charge in [-0.1, -0.05) is 131 Å². The highest BCUT2D eigenvalue weighted by molar-refractivity contribution is 7.78. The van der Waals surface area contributed by atoms with E-state index in [4.69, 9.17) is 0 Å². The highest BCUT2D eigenvalue weighted by Gasteiger charge is 2.15. The fraction of sp³-hybridized carbons (Fsp3) is 0.475. The zero-order chi connectivity index (χ0) is 34.3. The molecule has 0 saturated heterocycles. The van der Waals surface area contributed by atoms with E-state index < -0.39 is 0 Å². The van der Waals surface area contributed by atoms with Gasteiger partial charge in [0.25, 0.3) is 11.8 Å². The predicted molar refractivity (Wildman–Crippen MR) is 202 cm³/mol. The van der Waals surface area contributed by atoms with Gasteiger partial charge >= 0.3 is 0 Å². The zero-order valence-electron chi connectivity index (χ0n) is 29.4. The molecule has 0 fully saturated rings. The summed E-state index contributed by atoms with van der Waals surface area (Å²) >= 11 is 4.44. The average molecular weight is 646 g/mol. The molecule has 6 heteroatoms. The molecule has 0 radical (unpaired) electrons. The fourth-order valence-electron chi connectivity index (χ4n) is 4.01. The number of aryl methyl sites for hydroxylation is 1. The van der Waals surface area contributed by atoms with Crippen LogP contribution in [0.5, 0.6) is 0 Å². The monoisotopic (exact) mass is 645 g/mol. The smallest absolute Gasteiger partial charge is 0.251 e. The van der Waals surface area contributed by atoms with Crippen LogP contribution in [0.15, 0.2) is 77.8 Å². The number of carbonyl (C=O) groups excluding carboxylic acids is 2. The molecule has 0 spiro atoms. The third-order valence-electron chi connectivity index (χ3n) is 7.05. The Kier molecular flexibility index (Phi) is 18.3. The van der Waals surface area contributed by atoms with Gasteiger partial charge in [-0.2, -0.15) is 0 Å². The molecule has 0 unspecified atom stereocenters. The van der Waals surface area contributed by atoms with Gasteiger partial charge in [-0.05, 0) is 82.8 Å². The second-order valence-corrected chi connectivity index (χ2v) is 14.4. The van der Waals surface area contributed by atoms with E-state index >= 15 is 0 Å². The van der Waals surface area contributed by atoms with Gasteiger partial charge in [0.15, 0.2) is 0 Å². The van der Waals surface area contributed by atoms with E-state index in [1.807, 2.05) is 55.5 Å². The SMILES string of the molecule is C.CC(C)(C)c1ccc(C(=O)NCCN=C=S)cc1.CCCNC(=O)c1ccc(C(C)(C)C)cc1.Cc1ccc(C(C)(C)C)cc1. The first-order valence-corrected chi connectivity index (χ1v) is 16.2. The van der Waals surface area contributed by atoms with Crippen LogP contribution in [-0.2, 0) is 16.2 Å². The van der Waals surface area contributed by atoms with Crippen molar-refractivity contribution in [3.8, 4) is 0 Å². The Balaban J connectivity index is 0.000000671. The lowest BCUT2D eigenvalue weighted by Crippen LogP contribution is -2.26. The molecule has 46 heavy (non-hydrogen) atoms. The molecule has 252 valence electrons. The quantitative estimate of drug-likeness (QED) is 0.153. The lowest BCUT2D eigenvalue weighted by atomic mass is 9.86. The van der Waals surface area contributed by atoms with Gasteiger partial charge in [-0.15, -0.1) is 0 Å². The summed E-state index contributed by atoms with van der Waals surface area (Å²) in [4.78, 5) is 27.2. The number of hydrogen-bond acceptors (Lipinski definition) is 4. The van der Waals surface area contributed by atoms with Crippen molar-refractivity contribution in [3.05, 3.63) is 106 Å². The van der Waals surface area contributed by atoms with Crippen molar-refractivity contribution in [1.82, 2.24) is 10.6 Å². The Hall–Kier alpha value is -3.60. The molecule has 3 rings (SSSR count). The molecule has 0 aliphatic rings. The summed E-state index contributed by atoms with van der Waals surface area (Å²) in [5, 5.41) is 7.90. The van der Waals surface area contributed by atoms with E-state index in [9.17, 15) is 9.59 Å². The predicted octanol–water partition coefficient (Wildman–Crippen LogP) is 9.87. The molecule has 5 nitrogen and oxygen atoms in total. The van der Waals surface area contributed by atoms with E-state index in [-0.39, 0.29) is 35.5 Å². The van der Waals surface area contributed by atoms with Gasteiger partial charge in [0.05, 0.1) is 11.7 Å². The van der Waals surface area contributed by atoms with Crippen LogP contribution in [0, 0.1) is 6.92 Å². The van der Waals surface area contributed by atoms with Crippen molar-refractivity contribution < 1.29 is 9.59 Å². The van der Waals surface area contributed by atoms with Gasteiger partial charge in [0.2, 0.25) is 0 Å². The summed E-state index contributed by atoms with van der Waals surface area (Å²) in [7, 11) is 0. The Bertz CT molecular complexity index is 1370. The van der Waals surface area contributed by atoms with Gasteiger partial charge < -0.3 is 10.6 Å². The number of nitrogens with zero attached hydrogens (tertiary/aromatic N) is 1. The second kappa shape index (κ2) is 19.8. The van der Waals surface area contributed by atoms with Crippen LogP contribution in [-0.4, -0.2) is 36.6 Å². The maximum atomic E-state index is 11.8. The number of thiocarbonyl (C=S) groups is 1. The average Bonchev–Trinajstić information content (AvgIpc) is 2.97. The summed E-state index contributed by atoms with van der Waals surface area (Å²) in [5.74, 6) is -0.0719. The number of amides is 2. The molecular formula is C40H59N3O2S. The summed E-state index contributed by atoms with van der Waals surface area (Å²) in [6, 6.07) is 24.3. The normalized spacial score (nSPS) is 10.8. The van der Waals surface area contributed by atoms with Gasteiger partial charge in [0.1, 0.15) is 0 Å². The number of benzene rings is 3. The van der Waals surface area contributed by atoms with E-state index in [2.05, 4.69) is 127 Å². The highest BCUT2D eigenvalue weighted by atomic mass is 32.1. The van der Waals surface area contributed by atoms with Crippen molar-refractivity contribution >= 4 is 29.2 Å². The molecule has 0 aliphatic carbocycles. The van der Waals surface area contributed by atoms with Crippen molar-refractivity contribution in [2.24, 2.45) is 4.99 Å². The molecule has 0 atom stereocenters. The van der Waals surface area contributed by atoms with E-state index in [1.54, 1.807) is 0 Å². The van der Waals surface area contributed by atoms with E-state index in [0.29, 0.717) is 18.7 Å². The third-order valence-corrected chi connectivity index (χ3v) is 7.18. The number of isothiocyanates is 1. The molecule has 2 N–H and O–H groups in total. The minimum absolute atomic E-state index is 0. The van der Waals surface area contributed by atoms with Crippen molar-refractivity contribution in [2.45, 2.75) is 106 Å². The van der Waals surface area contributed by atoms with Crippen LogP contribution >= 0.6 is 12.2 Å². The minimum Gasteiger partial charge on any atom is -0.352 e. The summed E-state index contributed by atoms with van der Waals surface area (Å²) in [6.45, 7) is 25.5. The maximum Gasteiger partial charge on any atom is 0.251 e. The van der Waals surface area contributed by atoms with Crippen LogP contribution in [0.3, 0.4) is 0 Å². The van der Waals surface area contributed by atoms with Gasteiger partial charge in [-0.25, -0.2) is 4.99 Å². The van der Waals surface area contributed by atoms with Crippen molar-refractivity contribution in [2.75, 3.05) is 19.6 Å². The van der Waals surface area contributed by atoms with E-state index in [1.165, 1.54) is 22.3 Å². The highest BCUT2D eigenvalue weighted by Crippen LogP contribution is 2.23. The molecule has 0 saturated carbocycles. The van der Waals surface area contributed by atoms with Crippen LogP contribution in [0.1, 0.15) is 126 Å². The first-order chi connectivity index (χ1) is 20.9. The minimum atomic E-state index is -0.0879. The van der Waals surface area contributed by atoms with Crippen LogP contribution in [0.25, 0.3) is 0 Å². The number of carbonyl (C=O) groups is 2. The molecule has 0 bridgehead atoms. The van der Waals surface area contributed by atoms with Gasteiger partial charge in [-0.3, -0.25) is 9.59 Å². The molecular weight excluding hydrogens is 587 g/mol. The molecule has 3 aromatic rings. The Morgan fingerprint density at radius 1 is 0.630 bits per heavy atom. The lowest BCUT2D eigenvalue weighted by molar-refractivity contribution is 0.0946. The Labute approximate surface area is 285 Å². The zero-order valence-corrected chi connectivity index (χ0v) is 30.2. The number of nitrogens with one attached hydrogen (secondary N) is 2. The molecule has 2 amide bonds. The molecule has 0 heterocycles. The standard InChI is InChI=1S/C14H18N2OS.C14H21NO.C11H16.CH4/c1-14(2,3)12-6-4-11(5-7-12)13(17)16-9-8-15-10-18;1-5-10-15-13(16)11-6-8-12(9-7-11)14(2,3)4;1-9-5-7-10(8-6-9)11(2,3)4;/h4-7H,8-9H2,1-3H3,(H,16,17);6-9H,5,10H2,1-4H3,(H,15,16);5-8H,1-4H3;1H4. The van der Waals surface area contributed by atoms with E-state index in [0.717, 1.165) is 18.5 Å². The Morgan fingerprint density at radius 3 is 1.26 bits per heavy atom. The summed E-state index contributed by atoms with van der Waals surface area (Å²) < 4.78 is 0. The Morgan fingerprint density at radius 2 is 0.957 bits per heavy atom. The first-order valence-electron chi connectivity index (χ1n) is 15.8. The maximum absolute atomic E-state index is 11.8. The molecule has 0 aliphatic heterocycles. The van der Waals surface area contributed by atoms with Gasteiger partial charge in [0, 0.05) is 24.2 Å². The number of hydrogen-bond donors (Lipinski definition) is 2. The fourth-order valence-corrected chi connectivity index (χ4v) is 4.10. The van der Waals surface area contributed by atoms with Crippen molar-refractivity contribution in [3.63, 3.8) is 0 Å². The lowest BCUT2D eigenvalue weighted by Gasteiger charge is -2.19. The topological polar surface area (TPSA) is 70.6 Å². The largest absolute Gasteiger partial charge is 0.352 e. The number of rotatable bonds is 7. The molecule has 0 aromatic heterocycles. The summed E-state index contributed by atoms with van der Waals surface area (Å²) in [6.07, 6.45) is 0.964. The second-order valence-electron chi connectivity index (χ2n) is 14.3. The van der Waals surface area contributed by atoms with Crippen LogP contribution in [0.4, 0.5) is 0 Å². The molecule has 3 aromatic carbocycles. The van der Waals surface area contributed by atoms with Crippen molar-refractivity contribution in [1.29, 1.82) is 0 Å². The van der Waals surface area contributed by atoms with Crippen LogP contribution < -0.4 is 10.6 Å². The number of aliphatic imine (C=N–C) groups is 1. The third kappa shape index (κ3) is 16.1. The summed E-state index contributed by atoms with van der Waals surface area (Å²) in [5.41, 5.74) is 7.12. The van der Waals surface area contributed by atoms with Crippen LogP contribution in [0.2, 0.25) is 0 Å². The first kappa shape index (κ1) is 42.4.